The molecule has 0 aliphatic carbocycles. The molecular formula is C14H13ClN2O2. The van der Waals surface area contributed by atoms with Crippen LogP contribution in [0.5, 0.6) is 5.75 Å². The maximum absolute atomic E-state index is 12.1. The molecular weight excluding hydrogens is 264 g/mol. The van der Waals surface area contributed by atoms with Gasteiger partial charge in [-0.05, 0) is 36.8 Å². The number of halogens is 1. The van der Waals surface area contributed by atoms with E-state index in [1.807, 2.05) is 19.1 Å². The summed E-state index contributed by atoms with van der Waals surface area (Å²) in [6.45, 7) is 1.94. The van der Waals surface area contributed by atoms with E-state index in [1.54, 1.807) is 31.4 Å². The molecule has 0 radical (unpaired) electrons. The van der Waals surface area contributed by atoms with E-state index in [9.17, 15) is 4.79 Å². The number of hydrogen-bond acceptors (Lipinski definition) is 3. The molecule has 0 aliphatic rings. The maximum Gasteiger partial charge on any atom is 0.274 e. The molecule has 1 N–H and O–H groups in total. The number of methoxy groups -OCH3 is 1. The van der Waals surface area contributed by atoms with Gasteiger partial charge < -0.3 is 10.1 Å². The lowest BCUT2D eigenvalue weighted by atomic mass is 10.2. The summed E-state index contributed by atoms with van der Waals surface area (Å²) >= 11 is 5.76. The summed E-state index contributed by atoms with van der Waals surface area (Å²) in [7, 11) is 1.55. The largest absolute Gasteiger partial charge is 0.495 e. The Morgan fingerprint density at radius 1 is 1.32 bits per heavy atom. The summed E-state index contributed by atoms with van der Waals surface area (Å²) in [6.07, 6.45) is 0. The molecule has 1 aromatic carbocycles. The van der Waals surface area contributed by atoms with E-state index in [2.05, 4.69) is 10.3 Å². The van der Waals surface area contributed by atoms with E-state index in [0.717, 1.165) is 5.56 Å². The van der Waals surface area contributed by atoms with Gasteiger partial charge in [-0.15, -0.1) is 0 Å². The van der Waals surface area contributed by atoms with Gasteiger partial charge in [0, 0.05) is 0 Å². The SMILES string of the molecule is COc1ccc(C)cc1NC(=O)c1cccc(Cl)n1. The fourth-order valence-electron chi connectivity index (χ4n) is 1.64. The highest BCUT2D eigenvalue weighted by Gasteiger charge is 2.11. The topological polar surface area (TPSA) is 51.2 Å². The van der Waals surface area contributed by atoms with Crippen molar-refractivity contribution in [3.8, 4) is 5.75 Å². The molecule has 1 aromatic heterocycles. The first kappa shape index (κ1) is 13.4. The van der Waals surface area contributed by atoms with Crippen molar-refractivity contribution in [3.05, 3.63) is 52.8 Å². The van der Waals surface area contributed by atoms with E-state index in [4.69, 9.17) is 16.3 Å². The highest BCUT2D eigenvalue weighted by atomic mass is 35.5. The molecule has 0 saturated carbocycles. The highest BCUT2D eigenvalue weighted by Crippen LogP contribution is 2.25. The average molecular weight is 277 g/mol. The molecule has 19 heavy (non-hydrogen) atoms. The second-order valence-electron chi connectivity index (χ2n) is 4.00. The predicted molar refractivity (Wildman–Crippen MR) is 74.9 cm³/mol. The summed E-state index contributed by atoms with van der Waals surface area (Å²) in [5.74, 6) is 0.271. The number of benzene rings is 1. The van der Waals surface area contributed by atoms with Crippen LogP contribution in [0, 0.1) is 6.92 Å². The number of ether oxygens (including phenoxy) is 1. The standard InChI is InChI=1S/C14H13ClN2O2/c1-9-6-7-12(19-2)11(8-9)17-14(18)10-4-3-5-13(15)16-10/h3-8H,1-2H3,(H,17,18). The lowest BCUT2D eigenvalue weighted by Gasteiger charge is -2.10. The van der Waals surface area contributed by atoms with Crippen molar-refractivity contribution in [3.63, 3.8) is 0 Å². The zero-order valence-electron chi connectivity index (χ0n) is 10.6. The molecule has 1 heterocycles. The monoisotopic (exact) mass is 276 g/mol. The van der Waals surface area contributed by atoms with Crippen LogP contribution in [0.4, 0.5) is 5.69 Å². The summed E-state index contributed by atoms with van der Waals surface area (Å²) in [5, 5.41) is 3.04. The first-order chi connectivity index (χ1) is 9.10. The van der Waals surface area contributed by atoms with Crippen molar-refractivity contribution < 1.29 is 9.53 Å². The number of nitrogens with one attached hydrogen (secondary N) is 1. The van der Waals surface area contributed by atoms with E-state index >= 15 is 0 Å². The smallest absolute Gasteiger partial charge is 0.274 e. The van der Waals surface area contributed by atoms with E-state index < -0.39 is 0 Å². The van der Waals surface area contributed by atoms with E-state index in [0.29, 0.717) is 11.4 Å². The van der Waals surface area contributed by atoms with Crippen LogP contribution in [-0.4, -0.2) is 18.0 Å². The molecule has 0 unspecified atom stereocenters. The number of nitrogens with zero attached hydrogens (tertiary/aromatic N) is 1. The normalized spacial score (nSPS) is 10.1. The summed E-state index contributed by atoms with van der Waals surface area (Å²) in [5.41, 5.74) is 1.89. The van der Waals surface area contributed by atoms with E-state index in [1.165, 1.54) is 0 Å². The van der Waals surface area contributed by atoms with Crippen molar-refractivity contribution in [2.45, 2.75) is 6.92 Å². The van der Waals surface area contributed by atoms with Crippen LogP contribution in [-0.2, 0) is 0 Å². The summed E-state index contributed by atoms with van der Waals surface area (Å²) in [6, 6.07) is 10.4. The van der Waals surface area contributed by atoms with Crippen LogP contribution in [0.3, 0.4) is 0 Å². The van der Waals surface area contributed by atoms with Crippen molar-refractivity contribution >= 4 is 23.2 Å². The second-order valence-corrected chi connectivity index (χ2v) is 4.39. The average Bonchev–Trinajstić information content (AvgIpc) is 2.39. The lowest BCUT2D eigenvalue weighted by Crippen LogP contribution is -2.14. The number of anilines is 1. The Bertz CT molecular complexity index is 614. The number of rotatable bonds is 3. The van der Waals surface area contributed by atoms with E-state index in [-0.39, 0.29) is 16.8 Å². The van der Waals surface area contributed by atoms with Crippen molar-refractivity contribution in [2.24, 2.45) is 0 Å². The molecule has 0 fully saturated rings. The molecule has 5 heteroatoms. The lowest BCUT2D eigenvalue weighted by molar-refractivity contribution is 0.102. The first-order valence-corrected chi connectivity index (χ1v) is 6.06. The fourth-order valence-corrected chi connectivity index (χ4v) is 1.80. The Balaban J connectivity index is 2.26. The Morgan fingerprint density at radius 3 is 2.79 bits per heavy atom. The van der Waals surface area contributed by atoms with Crippen LogP contribution < -0.4 is 10.1 Å². The first-order valence-electron chi connectivity index (χ1n) is 5.68. The number of aryl methyl sites for hydroxylation is 1. The third-order valence-electron chi connectivity index (χ3n) is 2.55. The Labute approximate surface area is 116 Å². The van der Waals surface area contributed by atoms with Gasteiger partial charge in [-0.1, -0.05) is 23.7 Å². The fraction of sp³-hybridized carbons (Fsp3) is 0.143. The Morgan fingerprint density at radius 2 is 2.11 bits per heavy atom. The third kappa shape index (κ3) is 3.23. The van der Waals surface area contributed by atoms with Gasteiger partial charge in [-0.2, -0.15) is 0 Å². The zero-order valence-corrected chi connectivity index (χ0v) is 11.4. The van der Waals surface area contributed by atoms with Gasteiger partial charge in [0.05, 0.1) is 12.8 Å². The molecule has 0 atom stereocenters. The minimum absolute atomic E-state index is 0.260. The van der Waals surface area contributed by atoms with Gasteiger partial charge >= 0.3 is 0 Å². The number of hydrogen-bond donors (Lipinski definition) is 1. The van der Waals surface area contributed by atoms with Crippen LogP contribution in [0.15, 0.2) is 36.4 Å². The highest BCUT2D eigenvalue weighted by molar-refractivity contribution is 6.29. The molecule has 2 aromatic rings. The van der Waals surface area contributed by atoms with Gasteiger partial charge in [0.25, 0.3) is 5.91 Å². The van der Waals surface area contributed by atoms with Crippen LogP contribution in [0.2, 0.25) is 5.15 Å². The number of carbonyl (C=O) groups is 1. The molecule has 0 saturated heterocycles. The van der Waals surface area contributed by atoms with Crippen LogP contribution >= 0.6 is 11.6 Å². The molecule has 0 aliphatic heterocycles. The maximum atomic E-state index is 12.1. The third-order valence-corrected chi connectivity index (χ3v) is 2.76. The molecule has 0 spiro atoms. The number of aromatic nitrogens is 1. The van der Waals surface area contributed by atoms with Crippen molar-refractivity contribution in [2.75, 3.05) is 12.4 Å². The minimum atomic E-state index is -0.327. The Hall–Kier alpha value is -2.07. The summed E-state index contributed by atoms with van der Waals surface area (Å²) < 4.78 is 5.20. The minimum Gasteiger partial charge on any atom is -0.495 e. The number of amides is 1. The Kier molecular flexibility index (Phi) is 4.02. The molecule has 0 bridgehead atoms. The van der Waals surface area contributed by atoms with Gasteiger partial charge in [-0.25, -0.2) is 4.98 Å². The number of carbonyl (C=O) groups excluding carboxylic acids is 1. The molecule has 1 amide bonds. The van der Waals surface area contributed by atoms with Gasteiger partial charge in [0.15, 0.2) is 0 Å². The van der Waals surface area contributed by atoms with Crippen molar-refractivity contribution in [1.29, 1.82) is 0 Å². The molecule has 98 valence electrons. The van der Waals surface area contributed by atoms with Crippen molar-refractivity contribution in [1.82, 2.24) is 4.98 Å². The second kappa shape index (κ2) is 5.71. The van der Waals surface area contributed by atoms with Gasteiger partial charge in [-0.3, -0.25) is 4.79 Å². The quantitative estimate of drug-likeness (QED) is 0.875. The van der Waals surface area contributed by atoms with Gasteiger partial charge in [0.1, 0.15) is 16.6 Å². The number of pyridine rings is 1. The predicted octanol–water partition coefficient (Wildman–Crippen LogP) is 3.30. The molecule has 2 rings (SSSR count). The summed E-state index contributed by atoms with van der Waals surface area (Å²) in [4.78, 5) is 16.0. The van der Waals surface area contributed by atoms with Crippen LogP contribution in [0.1, 0.15) is 16.1 Å². The zero-order chi connectivity index (χ0) is 13.8. The molecule has 4 nitrogen and oxygen atoms in total. The van der Waals surface area contributed by atoms with Crippen LogP contribution in [0.25, 0.3) is 0 Å². The van der Waals surface area contributed by atoms with Gasteiger partial charge in [0.2, 0.25) is 0 Å².